The number of hydrogen-bond acceptors (Lipinski definition) is 6. The molecule has 0 aliphatic carbocycles. The Hall–Kier alpha value is -3.89. The quantitative estimate of drug-likeness (QED) is 0.666. The number of aromatic nitrogens is 5. The second-order valence-corrected chi connectivity index (χ2v) is 7.06. The van der Waals surface area contributed by atoms with E-state index in [2.05, 4.69) is 20.5 Å². The van der Waals surface area contributed by atoms with Gasteiger partial charge in [-0.1, -0.05) is 13.0 Å². The van der Waals surface area contributed by atoms with E-state index in [1.54, 1.807) is 12.1 Å². The summed E-state index contributed by atoms with van der Waals surface area (Å²) in [7, 11) is 0. The number of halogens is 2. The topological polar surface area (TPSA) is 106 Å². The largest absolute Gasteiger partial charge is 0.484 e. The monoisotopic (exact) mass is 428 g/mol. The first-order chi connectivity index (χ1) is 14.9. The van der Waals surface area contributed by atoms with Gasteiger partial charge >= 0.3 is 6.09 Å². The van der Waals surface area contributed by atoms with Gasteiger partial charge in [0.25, 0.3) is 0 Å². The molecule has 4 rings (SSSR count). The molecule has 9 nitrogen and oxygen atoms in total. The number of carboxylic acid groups (broad SMARTS) is 1. The van der Waals surface area contributed by atoms with Gasteiger partial charge in [0.15, 0.2) is 11.6 Å². The number of nitrogens with zero attached hydrogens (tertiary/aromatic N) is 6. The van der Waals surface area contributed by atoms with E-state index < -0.39 is 17.7 Å². The maximum Gasteiger partial charge on any atom is 0.407 e. The third-order valence-corrected chi connectivity index (χ3v) is 4.97. The molecule has 1 aromatic carbocycles. The molecule has 1 unspecified atom stereocenters. The summed E-state index contributed by atoms with van der Waals surface area (Å²) in [6.07, 6.45) is 3.61. The molecule has 1 atom stereocenters. The van der Waals surface area contributed by atoms with Gasteiger partial charge in [-0.25, -0.2) is 18.3 Å². The SMILES string of the molecule is CC1CN(C(=O)O)CC=C1c1cnc(COc2ccc(-n3cnnn3)cc2F)c(F)c1. The molecule has 3 aromatic rings. The molecule has 3 heterocycles. The zero-order chi connectivity index (χ0) is 22.0. The Kier molecular flexibility index (Phi) is 5.56. The predicted octanol–water partition coefficient (Wildman–Crippen LogP) is 2.93. The van der Waals surface area contributed by atoms with E-state index in [0.717, 1.165) is 5.57 Å². The highest BCUT2D eigenvalue weighted by Crippen LogP contribution is 2.28. The van der Waals surface area contributed by atoms with Crippen molar-refractivity contribution in [3.05, 3.63) is 65.8 Å². The molecule has 0 radical (unpaired) electrons. The minimum Gasteiger partial charge on any atom is -0.484 e. The molecular weight excluding hydrogens is 410 g/mol. The summed E-state index contributed by atoms with van der Waals surface area (Å²) in [5.74, 6) is -1.38. The number of rotatable bonds is 5. The van der Waals surface area contributed by atoms with Crippen LogP contribution in [0.25, 0.3) is 11.3 Å². The zero-order valence-electron chi connectivity index (χ0n) is 16.4. The standard InChI is InChI=1S/C20H18F2N6O3/c1-12-9-27(20(29)30)5-4-15(12)13-6-16(21)18(23-8-13)10-31-19-3-2-14(7-17(19)22)28-11-24-25-26-28/h2-4,6-8,11-12H,5,9-10H2,1H3,(H,29,30). The first-order valence-electron chi connectivity index (χ1n) is 9.41. The van der Waals surface area contributed by atoms with Gasteiger partial charge in [0, 0.05) is 25.4 Å². The first-order valence-corrected chi connectivity index (χ1v) is 9.41. The summed E-state index contributed by atoms with van der Waals surface area (Å²) in [5.41, 5.74) is 1.86. The number of amides is 1. The maximum absolute atomic E-state index is 14.6. The van der Waals surface area contributed by atoms with E-state index in [1.807, 2.05) is 6.92 Å². The van der Waals surface area contributed by atoms with Gasteiger partial charge in [-0.15, -0.1) is 5.10 Å². The lowest BCUT2D eigenvalue weighted by molar-refractivity contribution is 0.145. The average molecular weight is 428 g/mol. The van der Waals surface area contributed by atoms with Gasteiger partial charge in [0.1, 0.15) is 24.4 Å². The lowest BCUT2D eigenvalue weighted by Gasteiger charge is -2.29. The van der Waals surface area contributed by atoms with Crippen LogP contribution in [0, 0.1) is 17.6 Å². The van der Waals surface area contributed by atoms with E-state index in [4.69, 9.17) is 9.84 Å². The summed E-state index contributed by atoms with van der Waals surface area (Å²) in [6.45, 7) is 2.18. The molecule has 0 saturated heterocycles. The third kappa shape index (κ3) is 4.34. The van der Waals surface area contributed by atoms with Crippen molar-refractivity contribution in [2.75, 3.05) is 13.1 Å². The molecule has 0 spiro atoms. The van der Waals surface area contributed by atoms with Crippen molar-refractivity contribution < 1.29 is 23.4 Å². The lowest BCUT2D eigenvalue weighted by atomic mass is 9.91. The van der Waals surface area contributed by atoms with E-state index >= 15 is 0 Å². The summed E-state index contributed by atoms with van der Waals surface area (Å²) < 4.78 is 35.6. The fourth-order valence-electron chi connectivity index (χ4n) is 3.38. The molecular formula is C20H18F2N6O3. The highest BCUT2D eigenvalue weighted by molar-refractivity contribution is 5.72. The van der Waals surface area contributed by atoms with Crippen LogP contribution in [0.15, 0.2) is 42.9 Å². The number of benzene rings is 1. The normalized spacial score (nSPS) is 16.2. The van der Waals surface area contributed by atoms with Crippen LogP contribution in [-0.2, 0) is 6.61 Å². The van der Waals surface area contributed by atoms with Gasteiger partial charge in [-0.05, 0) is 45.7 Å². The number of ether oxygens (including phenoxy) is 1. The van der Waals surface area contributed by atoms with Crippen molar-refractivity contribution in [1.29, 1.82) is 0 Å². The summed E-state index contributed by atoms with van der Waals surface area (Å²) in [5, 5.41) is 19.8. The van der Waals surface area contributed by atoms with Crippen molar-refractivity contribution >= 4 is 11.7 Å². The summed E-state index contributed by atoms with van der Waals surface area (Å²) in [6, 6.07) is 5.51. The van der Waals surface area contributed by atoms with Gasteiger partial charge in [0.2, 0.25) is 0 Å². The Morgan fingerprint density at radius 2 is 2.13 bits per heavy atom. The van der Waals surface area contributed by atoms with Crippen molar-refractivity contribution in [3.63, 3.8) is 0 Å². The summed E-state index contributed by atoms with van der Waals surface area (Å²) in [4.78, 5) is 16.5. The Balaban J connectivity index is 1.45. The molecule has 1 aliphatic heterocycles. The third-order valence-electron chi connectivity index (χ3n) is 4.97. The smallest absolute Gasteiger partial charge is 0.407 e. The zero-order valence-corrected chi connectivity index (χ0v) is 16.4. The predicted molar refractivity (Wildman–Crippen MR) is 104 cm³/mol. The molecule has 0 saturated carbocycles. The van der Waals surface area contributed by atoms with Gasteiger partial charge in [-0.3, -0.25) is 4.98 Å². The van der Waals surface area contributed by atoms with Crippen LogP contribution in [0.4, 0.5) is 13.6 Å². The second-order valence-electron chi connectivity index (χ2n) is 7.06. The Morgan fingerprint density at radius 1 is 1.29 bits per heavy atom. The molecule has 11 heteroatoms. The first kappa shape index (κ1) is 20.4. The highest BCUT2D eigenvalue weighted by Gasteiger charge is 2.24. The van der Waals surface area contributed by atoms with Crippen LogP contribution in [0.2, 0.25) is 0 Å². The maximum atomic E-state index is 14.6. The average Bonchev–Trinajstić information content (AvgIpc) is 3.28. The number of tetrazole rings is 1. The molecule has 31 heavy (non-hydrogen) atoms. The van der Waals surface area contributed by atoms with Gasteiger partial charge in [-0.2, -0.15) is 0 Å². The van der Waals surface area contributed by atoms with Crippen LogP contribution < -0.4 is 4.74 Å². The van der Waals surface area contributed by atoms with Crippen LogP contribution >= 0.6 is 0 Å². The minimum absolute atomic E-state index is 0.0314. The fourth-order valence-corrected chi connectivity index (χ4v) is 3.38. The number of pyridine rings is 1. The molecule has 1 N–H and O–H groups in total. The van der Waals surface area contributed by atoms with Crippen LogP contribution in [0.5, 0.6) is 5.75 Å². The molecule has 160 valence electrons. The van der Waals surface area contributed by atoms with Crippen LogP contribution in [0.1, 0.15) is 18.2 Å². The van der Waals surface area contributed by atoms with Crippen molar-refractivity contribution in [3.8, 4) is 11.4 Å². The molecule has 2 aromatic heterocycles. The van der Waals surface area contributed by atoms with Gasteiger partial charge < -0.3 is 14.7 Å². The van der Waals surface area contributed by atoms with Crippen LogP contribution in [0.3, 0.4) is 0 Å². The lowest BCUT2D eigenvalue weighted by Crippen LogP contribution is -2.37. The van der Waals surface area contributed by atoms with Crippen molar-refractivity contribution in [2.45, 2.75) is 13.5 Å². The van der Waals surface area contributed by atoms with E-state index in [9.17, 15) is 13.6 Å². The Morgan fingerprint density at radius 3 is 2.77 bits per heavy atom. The molecule has 0 bridgehead atoms. The van der Waals surface area contributed by atoms with E-state index in [0.29, 0.717) is 17.8 Å². The van der Waals surface area contributed by atoms with Crippen LogP contribution in [-0.4, -0.2) is 54.4 Å². The number of hydrogen-bond donors (Lipinski definition) is 1. The minimum atomic E-state index is -0.989. The van der Waals surface area contributed by atoms with Crippen molar-refractivity contribution in [2.24, 2.45) is 5.92 Å². The van der Waals surface area contributed by atoms with Crippen molar-refractivity contribution in [1.82, 2.24) is 30.1 Å². The molecule has 1 amide bonds. The van der Waals surface area contributed by atoms with E-state index in [-0.39, 0.29) is 30.5 Å². The van der Waals surface area contributed by atoms with E-state index in [1.165, 1.54) is 40.3 Å². The molecule has 1 aliphatic rings. The number of carbonyl (C=O) groups is 1. The fraction of sp³-hybridized carbons (Fsp3) is 0.250. The highest BCUT2D eigenvalue weighted by atomic mass is 19.1. The second kappa shape index (κ2) is 8.46. The molecule has 0 fully saturated rings. The Bertz CT molecular complexity index is 1140. The Labute approximate surface area is 175 Å². The van der Waals surface area contributed by atoms with Gasteiger partial charge in [0.05, 0.1) is 5.69 Å². The summed E-state index contributed by atoms with van der Waals surface area (Å²) >= 11 is 0.